The van der Waals surface area contributed by atoms with Gasteiger partial charge in [-0.2, -0.15) is 0 Å². The third kappa shape index (κ3) is 23.3. The second kappa shape index (κ2) is 17.2. The SMILES string of the molecule is CCCCCCCCCC(=O)OCC.O=C(O)/C=C/C(=O)O. The number of aliphatic carboxylic acids is 2. The summed E-state index contributed by atoms with van der Waals surface area (Å²) >= 11 is 0. The zero-order valence-electron chi connectivity index (χ0n) is 13.5. The molecule has 6 nitrogen and oxygen atoms in total. The van der Waals surface area contributed by atoms with E-state index in [1.165, 1.54) is 38.5 Å². The molecule has 0 aliphatic heterocycles. The fourth-order valence-corrected chi connectivity index (χ4v) is 1.60. The summed E-state index contributed by atoms with van der Waals surface area (Å²) in [6, 6.07) is 0. The second-order valence-electron chi connectivity index (χ2n) is 4.69. The highest BCUT2D eigenvalue weighted by Gasteiger charge is 2.00. The van der Waals surface area contributed by atoms with Crippen molar-refractivity contribution in [3.63, 3.8) is 0 Å². The summed E-state index contributed by atoms with van der Waals surface area (Å²) in [5.41, 5.74) is 0. The lowest BCUT2D eigenvalue weighted by molar-refractivity contribution is -0.143. The highest BCUT2D eigenvalue weighted by atomic mass is 16.5. The standard InChI is InChI=1S/C12H24O2.C4H4O4/c1-3-5-6-7-8-9-10-11-12(13)14-4-2;5-3(6)1-2-4(7)8/h3-11H2,1-2H3;1-2H,(H,5,6)(H,7,8)/b;2-1+. The van der Waals surface area contributed by atoms with Gasteiger partial charge in [0.05, 0.1) is 6.61 Å². The lowest BCUT2D eigenvalue weighted by Crippen LogP contribution is -2.03. The maximum atomic E-state index is 11.0. The van der Waals surface area contributed by atoms with E-state index in [9.17, 15) is 14.4 Å². The van der Waals surface area contributed by atoms with Crippen molar-refractivity contribution in [2.75, 3.05) is 6.61 Å². The Morgan fingerprint density at radius 1 is 0.818 bits per heavy atom. The van der Waals surface area contributed by atoms with E-state index < -0.39 is 11.9 Å². The number of rotatable bonds is 11. The molecule has 0 fully saturated rings. The monoisotopic (exact) mass is 316 g/mol. The molecule has 0 rings (SSSR count). The minimum absolute atomic E-state index is 0.0407. The van der Waals surface area contributed by atoms with Crippen LogP contribution in [0.3, 0.4) is 0 Å². The van der Waals surface area contributed by atoms with E-state index in [0.717, 1.165) is 6.42 Å². The van der Waals surface area contributed by atoms with Crippen LogP contribution in [-0.2, 0) is 19.1 Å². The molecule has 0 bridgehead atoms. The Kier molecular flexibility index (Phi) is 17.5. The van der Waals surface area contributed by atoms with Gasteiger partial charge in [-0.15, -0.1) is 0 Å². The molecular formula is C16H28O6. The zero-order chi connectivity index (χ0) is 17.2. The maximum absolute atomic E-state index is 11.0. The molecule has 0 aromatic carbocycles. The molecule has 0 aliphatic rings. The largest absolute Gasteiger partial charge is 0.478 e. The van der Waals surface area contributed by atoms with E-state index in [2.05, 4.69) is 6.92 Å². The smallest absolute Gasteiger partial charge is 0.328 e. The highest BCUT2D eigenvalue weighted by Crippen LogP contribution is 2.08. The van der Waals surface area contributed by atoms with Crippen LogP contribution in [0.5, 0.6) is 0 Å². The molecule has 0 aromatic rings. The van der Waals surface area contributed by atoms with Gasteiger partial charge in [0.25, 0.3) is 0 Å². The van der Waals surface area contributed by atoms with Gasteiger partial charge in [0.2, 0.25) is 0 Å². The van der Waals surface area contributed by atoms with Gasteiger partial charge < -0.3 is 14.9 Å². The number of carbonyl (C=O) groups excluding carboxylic acids is 1. The summed E-state index contributed by atoms with van der Waals surface area (Å²) in [6.07, 6.45) is 10.4. The average Bonchev–Trinajstić information content (AvgIpc) is 2.45. The number of esters is 1. The molecule has 0 aliphatic carbocycles. The molecule has 0 spiro atoms. The molecule has 0 heterocycles. The summed E-state index contributed by atoms with van der Waals surface area (Å²) < 4.78 is 4.85. The van der Waals surface area contributed by atoms with Crippen molar-refractivity contribution >= 4 is 17.9 Å². The van der Waals surface area contributed by atoms with Crippen LogP contribution in [0, 0.1) is 0 Å². The molecule has 0 atom stereocenters. The Hall–Kier alpha value is -1.85. The number of unbranched alkanes of at least 4 members (excludes halogenated alkanes) is 6. The molecule has 0 unspecified atom stereocenters. The van der Waals surface area contributed by atoms with Gasteiger partial charge in [0.15, 0.2) is 0 Å². The molecular weight excluding hydrogens is 288 g/mol. The number of ether oxygens (including phenoxy) is 1. The predicted molar refractivity (Wildman–Crippen MR) is 83.7 cm³/mol. The predicted octanol–water partition coefficient (Wildman–Crippen LogP) is 3.40. The number of carboxylic acids is 2. The lowest BCUT2D eigenvalue weighted by atomic mass is 10.1. The maximum Gasteiger partial charge on any atom is 0.328 e. The number of hydrogen-bond acceptors (Lipinski definition) is 4. The summed E-state index contributed by atoms with van der Waals surface area (Å²) in [5, 5.41) is 15.6. The quantitative estimate of drug-likeness (QED) is 0.344. The number of carbonyl (C=O) groups is 3. The van der Waals surface area contributed by atoms with Crippen molar-refractivity contribution in [1.82, 2.24) is 0 Å². The van der Waals surface area contributed by atoms with E-state index in [-0.39, 0.29) is 5.97 Å². The van der Waals surface area contributed by atoms with Crippen molar-refractivity contribution in [1.29, 1.82) is 0 Å². The first-order valence-electron chi connectivity index (χ1n) is 7.73. The molecule has 0 aromatic heterocycles. The summed E-state index contributed by atoms with van der Waals surface area (Å²) in [5.74, 6) is -2.55. The lowest BCUT2D eigenvalue weighted by Gasteiger charge is -2.01. The first-order chi connectivity index (χ1) is 10.4. The van der Waals surface area contributed by atoms with Gasteiger partial charge >= 0.3 is 17.9 Å². The molecule has 0 amide bonds. The first-order valence-corrected chi connectivity index (χ1v) is 7.73. The van der Waals surface area contributed by atoms with Crippen LogP contribution in [0.1, 0.15) is 65.2 Å². The summed E-state index contributed by atoms with van der Waals surface area (Å²) in [4.78, 5) is 30.1. The Morgan fingerprint density at radius 3 is 1.68 bits per heavy atom. The third-order valence-corrected chi connectivity index (χ3v) is 2.66. The Morgan fingerprint density at radius 2 is 1.27 bits per heavy atom. The first kappa shape index (κ1) is 22.4. The van der Waals surface area contributed by atoms with Gasteiger partial charge in [0.1, 0.15) is 0 Å². The molecule has 0 saturated heterocycles. The van der Waals surface area contributed by atoms with Crippen LogP contribution < -0.4 is 0 Å². The van der Waals surface area contributed by atoms with Crippen molar-refractivity contribution in [2.45, 2.75) is 65.2 Å². The van der Waals surface area contributed by atoms with Gasteiger partial charge in [0, 0.05) is 18.6 Å². The fourth-order valence-electron chi connectivity index (χ4n) is 1.60. The second-order valence-corrected chi connectivity index (χ2v) is 4.69. The molecule has 128 valence electrons. The molecule has 2 N–H and O–H groups in total. The van der Waals surface area contributed by atoms with Crippen LogP contribution in [0.4, 0.5) is 0 Å². The molecule has 22 heavy (non-hydrogen) atoms. The minimum atomic E-state index is -1.26. The van der Waals surface area contributed by atoms with Gasteiger partial charge in [-0.25, -0.2) is 9.59 Å². The Balaban J connectivity index is 0. The van der Waals surface area contributed by atoms with Crippen molar-refractivity contribution in [3.8, 4) is 0 Å². The number of carboxylic acid groups (broad SMARTS) is 2. The molecule has 0 saturated carbocycles. The number of hydrogen-bond donors (Lipinski definition) is 2. The normalized spacial score (nSPS) is 9.91. The minimum Gasteiger partial charge on any atom is -0.478 e. The Bertz CT molecular complexity index is 320. The van der Waals surface area contributed by atoms with Crippen LogP contribution in [-0.4, -0.2) is 34.7 Å². The third-order valence-electron chi connectivity index (χ3n) is 2.66. The van der Waals surface area contributed by atoms with Gasteiger partial charge in [-0.3, -0.25) is 4.79 Å². The van der Waals surface area contributed by atoms with Crippen molar-refractivity contribution in [2.24, 2.45) is 0 Å². The van der Waals surface area contributed by atoms with E-state index in [1.807, 2.05) is 6.92 Å². The Labute approximate surface area is 132 Å². The zero-order valence-corrected chi connectivity index (χ0v) is 13.5. The van der Waals surface area contributed by atoms with E-state index in [0.29, 0.717) is 25.2 Å². The topological polar surface area (TPSA) is 101 Å². The summed E-state index contributed by atoms with van der Waals surface area (Å²) in [6.45, 7) is 4.58. The van der Waals surface area contributed by atoms with Crippen LogP contribution in [0.2, 0.25) is 0 Å². The van der Waals surface area contributed by atoms with E-state index >= 15 is 0 Å². The van der Waals surface area contributed by atoms with E-state index in [4.69, 9.17) is 14.9 Å². The van der Waals surface area contributed by atoms with Crippen LogP contribution in [0.25, 0.3) is 0 Å². The van der Waals surface area contributed by atoms with Crippen LogP contribution in [0.15, 0.2) is 12.2 Å². The van der Waals surface area contributed by atoms with Crippen molar-refractivity contribution in [3.05, 3.63) is 12.2 Å². The van der Waals surface area contributed by atoms with Gasteiger partial charge in [-0.1, -0.05) is 45.4 Å². The molecule has 6 heteroatoms. The van der Waals surface area contributed by atoms with Crippen LogP contribution >= 0.6 is 0 Å². The molecule has 0 radical (unpaired) electrons. The van der Waals surface area contributed by atoms with E-state index in [1.54, 1.807) is 0 Å². The fraction of sp³-hybridized carbons (Fsp3) is 0.688. The summed E-state index contributed by atoms with van der Waals surface area (Å²) in [7, 11) is 0. The average molecular weight is 316 g/mol. The van der Waals surface area contributed by atoms with Gasteiger partial charge in [-0.05, 0) is 13.3 Å². The highest BCUT2D eigenvalue weighted by molar-refractivity contribution is 5.89. The van der Waals surface area contributed by atoms with Crippen molar-refractivity contribution < 1.29 is 29.3 Å².